The molecule has 4 saturated carbocycles. The fourth-order valence-electron chi connectivity index (χ4n) is 8.61. The van der Waals surface area contributed by atoms with Crippen molar-refractivity contribution in [2.45, 2.75) is 76.0 Å². The molecule has 9 nitrogen and oxygen atoms in total. The molecule has 4 aliphatic carbocycles. The van der Waals surface area contributed by atoms with Crippen LogP contribution in [0.3, 0.4) is 0 Å². The smallest absolute Gasteiger partial charge is 0.302 e. The number of hydrogen-bond donors (Lipinski definition) is 6. The number of carbonyl (C=O) groups excluding carboxylic acids is 1. The van der Waals surface area contributed by atoms with Crippen molar-refractivity contribution in [1.29, 1.82) is 0 Å². The maximum Gasteiger partial charge on any atom is 0.302 e. The number of aliphatic hydroxyl groups excluding tert-OH is 5. The van der Waals surface area contributed by atoms with Gasteiger partial charge in [-0.15, -0.1) is 0 Å². The van der Waals surface area contributed by atoms with Gasteiger partial charge >= 0.3 is 5.97 Å². The van der Waals surface area contributed by atoms with E-state index in [-0.39, 0.29) is 18.6 Å². The molecule has 6 rings (SSSR count). The minimum absolute atomic E-state index is 0.173. The number of esters is 1. The topological polar surface area (TPSA) is 157 Å². The molecule has 31 heavy (non-hydrogen) atoms. The first-order valence-corrected chi connectivity index (χ1v) is 11.0. The van der Waals surface area contributed by atoms with Gasteiger partial charge in [0.2, 0.25) is 5.79 Å². The number of carbonyl (C=O) groups is 1. The van der Waals surface area contributed by atoms with Crippen LogP contribution in [0.1, 0.15) is 39.5 Å². The lowest BCUT2D eigenvalue weighted by molar-refractivity contribution is -0.520. The van der Waals surface area contributed by atoms with Crippen molar-refractivity contribution in [3.05, 3.63) is 12.2 Å². The Morgan fingerprint density at radius 2 is 1.87 bits per heavy atom. The van der Waals surface area contributed by atoms with Crippen LogP contribution in [0.5, 0.6) is 0 Å². The number of ether oxygens (including phenoxy) is 2. The molecule has 9 heteroatoms. The summed E-state index contributed by atoms with van der Waals surface area (Å²) in [7, 11) is 0. The maximum atomic E-state index is 12.0. The molecule has 12 atom stereocenters. The molecule has 174 valence electrons. The minimum atomic E-state index is -2.54. The molecule has 0 aromatic rings. The molecule has 2 saturated heterocycles. The van der Waals surface area contributed by atoms with Crippen molar-refractivity contribution in [3.63, 3.8) is 0 Å². The standard InChI is InChI=1S/C22H32O9/c1-9-11-7-12(30-10(2)24)13-20-6-4-5-19(3,8-23)14(20)17(27)22(29,31-18(20)28)21(13,15(9)25)16(11)26/h11-18,23,25-29H,1,4-8H2,2-3H3/t11-,12-,13-,14+,15+,16+,17-,18-,19-,20+,21-,22-/m0/s1. The third-order valence-electron chi connectivity index (χ3n) is 9.56. The van der Waals surface area contributed by atoms with E-state index in [2.05, 4.69) is 6.58 Å². The summed E-state index contributed by atoms with van der Waals surface area (Å²) in [5.41, 5.74) is -3.68. The summed E-state index contributed by atoms with van der Waals surface area (Å²) in [6, 6.07) is 0. The second kappa shape index (κ2) is 6.28. The van der Waals surface area contributed by atoms with Crippen LogP contribution in [0.15, 0.2) is 12.2 Å². The average molecular weight is 440 g/mol. The lowest BCUT2D eigenvalue weighted by Gasteiger charge is -2.76. The maximum absolute atomic E-state index is 12.0. The highest BCUT2D eigenvalue weighted by Crippen LogP contribution is 2.78. The van der Waals surface area contributed by atoms with Gasteiger partial charge in [-0.05, 0) is 30.3 Å². The predicted molar refractivity (Wildman–Crippen MR) is 104 cm³/mol. The summed E-state index contributed by atoms with van der Waals surface area (Å²) in [6.07, 6.45) is -5.10. The van der Waals surface area contributed by atoms with E-state index >= 15 is 0 Å². The summed E-state index contributed by atoms with van der Waals surface area (Å²) in [4.78, 5) is 12.0. The van der Waals surface area contributed by atoms with E-state index in [0.29, 0.717) is 19.3 Å². The van der Waals surface area contributed by atoms with E-state index in [4.69, 9.17) is 9.47 Å². The normalized spacial score (nSPS) is 59.8. The summed E-state index contributed by atoms with van der Waals surface area (Å²) in [5.74, 6) is -5.50. The van der Waals surface area contributed by atoms with Crippen molar-refractivity contribution < 1.29 is 44.9 Å². The summed E-state index contributed by atoms with van der Waals surface area (Å²) in [6.45, 7) is 6.69. The van der Waals surface area contributed by atoms with E-state index in [1.165, 1.54) is 6.92 Å². The molecule has 2 heterocycles. The van der Waals surface area contributed by atoms with Gasteiger partial charge in [0, 0.05) is 36.7 Å². The molecule has 0 aromatic heterocycles. The first kappa shape index (κ1) is 21.8. The number of aliphatic hydroxyl groups is 6. The van der Waals surface area contributed by atoms with Crippen molar-refractivity contribution in [2.24, 2.45) is 34.0 Å². The molecule has 0 radical (unpaired) electrons. The lowest BCUT2D eigenvalue weighted by Crippen LogP contribution is -2.88. The zero-order valence-electron chi connectivity index (χ0n) is 17.8. The molecule has 0 unspecified atom stereocenters. The second-order valence-corrected chi connectivity index (χ2v) is 10.7. The molecule has 0 amide bonds. The number of fused-ring (bicyclic) bond motifs is 2. The second-order valence-electron chi connectivity index (χ2n) is 10.7. The average Bonchev–Trinajstić information content (AvgIpc) is 2.80. The lowest BCUT2D eigenvalue weighted by atomic mass is 9.35. The molecular weight excluding hydrogens is 408 g/mol. The van der Waals surface area contributed by atoms with Gasteiger partial charge in [-0.3, -0.25) is 4.79 Å². The van der Waals surface area contributed by atoms with Crippen LogP contribution < -0.4 is 0 Å². The molecular formula is C22H32O9. The highest BCUT2D eigenvalue weighted by molar-refractivity contribution is 5.66. The molecule has 4 bridgehead atoms. The predicted octanol–water partition coefficient (Wildman–Crippen LogP) is -0.971. The van der Waals surface area contributed by atoms with Gasteiger partial charge < -0.3 is 40.1 Å². The number of rotatable bonds is 2. The molecule has 2 spiro atoms. The Morgan fingerprint density at radius 1 is 1.19 bits per heavy atom. The van der Waals surface area contributed by atoms with E-state index in [9.17, 15) is 35.4 Å². The third-order valence-corrected chi connectivity index (χ3v) is 9.56. The third kappa shape index (κ3) is 2.10. The van der Waals surface area contributed by atoms with Crippen LogP contribution in [-0.4, -0.2) is 79.7 Å². The van der Waals surface area contributed by atoms with Crippen molar-refractivity contribution >= 4 is 5.97 Å². The molecule has 2 aliphatic heterocycles. The quantitative estimate of drug-likeness (QED) is 0.235. The summed E-state index contributed by atoms with van der Waals surface area (Å²) < 4.78 is 11.4. The van der Waals surface area contributed by atoms with Crippen molar-refractivity contribution in [3.8, 4) is 0 Å². The van der Waals surface area contributed by atoms with Crippen molar-refractivity contribution in [2.75, 3.05) is 6.61 Å². The first-order valence-electron chi connectivity index (χ1n) is 11.0. The van der Waals surface area contributed by atoms with Crippen LogP contribution in [-0.2, 0) is 14.3 Å². The van der Waals surface area contributed by atoms with E-state index in [1.54, 1.807) is 6.92 Å². The SMILES string of the molecule is C=C1[C@@H](O)[C@]23[C@H](O)[C@H]1C[C@H](OC(C)=O)[C@H]2[C@]12CCC[C@@](C)(CO)[C@H]1[C@H](O)[C@]3(O)O[C@@H]2O. The Kier molecular flexibility index (Phi) is 4.41. The van der Waals surface area contributed by atoms with E-state index in [1.807, 2.05) is 0 Å². The summed E-state index contributed by atoms with van der Waals surface area (Å²) in [5, 5.41) is 67.7. The Labute approximate surface area is 180 Å². The van der Waals surface area contributed by atoms with Crippen LogP contribution in [0.25, 0.3) is 0 Å². The van der Waals surface area contributed by atoms with Crippen molar-refractivity contribution in [1.82, 2.24) is 0 Å². The Balaban J connectivity index is 1.82. The number of hydrogen-bond acceptors (Lipinski definition) is 9. The van der Waals surface area contributed by atoms with Crippen LogP contribution >= 0.6 is 0 Å². The highest BCUT2D eigenvalue weighted by atomic mass is 16.7. The monoisotopic (exact) mass is 440 g/mol. The van der Waals surface area contributed by atoms with Gasteiger partial charge in [0.1, 0.15) is 12.2 Å². The van der Waals surface area contributed by atoms with Gasteiger partial charge in [0.25, 0.3) is 0 Å². The fraction of sp³-hybridized carbons (Fsp3) is 0.864. The van der Waals surface area contributed by atoms with Gasteiger partial charge in [-0.1, -0.05) is 19.9 Å². The minimum Gasteiger partial charge on any atom is -0.462 e. The van der Waals surface area contributed by atoms with E-state index < -0.39 is 76.5 Å². The van der Waals surface area contributed by atoms with Crippen LogP contribution in [0.4, 0.5) is 0 Å². The van der Waals surface area contributed by atoms with Crippen LogP contribution in [0, 0.1) is 34.0 Å². The fourth-order valence-corrected chi connectivity index (χ4v) is 8.61. The largest absolute Gasteiger partial charge is 0.462 e. The molecule has 6 aliphatic rings. The Bertz CT molecular complexity index is 832. The Hall–Kier alpha value is -1.07. The zero-order valence-corrected chi connectivity index (χ0v) is 17.8. The van der Waals surface area contributed by atoms with Gasteiger partial charge in [-0.2, -0.15) is 0 Å². The molecule has 6 fully saturated rings. The van der Waals surface area contributed by atoms with Gasteiger partial charge in [0.15, 0.2) is 6.29 Å². The highest BCUT2D eigenvalue weighted by Gasteiger charge is 2.89. The zero-order chi connectivity index (χ0) is 22.7. The summed E-state index contributed by atoms with van der Waals surface area (Å²) >= 11 is 0. The van der Waals surface area contributed by atoms with E-state index in [0.717, 1.165) is 0 Å². The Morgan fingerprint density at radius 3 is 2.48 bits per heavy atom. The van der Waals surface area contributed by atoms with Gasteiger partial charge in [0.05, 0.1) is 17.6 Å². The molecule has 6 N–H and O–H groups in total. The van der Waals surface area contributed by atoms with Crippen LogP contribution in [0.2, 0.25) is 0 Å². The first-order chi connectivity index (χ1) is 14.4. The molecule has 0 aromatic carbocycles. The van der Waals surface area contributed by atoms with Gasteiger partial charge in [-0.25, -0.2) is 0 Å².